The number of likely N-dealkylation sites (tertiary alicyclic amines) is 1. The highest BCUT2D eigenvalue weighted by Gasteiger charge is 2.56. The molecular formula is C31H42FN7O4. The normalized spacial score (nSPS) is 34.8. The average molecular weight is 596 g/mol. The number of piperazine rings is 1. The van der Waals surface area contributed by atoms with Gasteiger partial charge in [-0.3, -0.25) is 25.1 Å². The third-order valence-electron chi connectivity index (χ3n) is 10.1. The number of carbonyl (C=O) groups is 2. The van der Waals surface area contributed by atoms with Gasteiger partial charge >= 0.3 is 0 Å². The van der Waals surface area contributed by atoms with Gasteiger partial charge in [-0.2, -0.15) is 5.26 Å². The summed E-state index contributed by atoms with van der Waals surface area (Å²) >= 11 is 0. The van der Waals surface area contributed by atoms with E-state index < -0.39 is 17.8 Å². The molecule has 4 fully saturated rings. The predicted molar refractivity (Wildman–Crippen MR) is 157 cm³/mol. The standard InChI is InChI=1S/C31H42FN7O4/c1-4-26(40)39-16-15-38(18-20(39)11-13-33)28-22-10-12-31(29(41)37(3)27-23(32)8-5-9-25(27)43-31)17-24(22)34-30(35-28)42-19-21-7-6-14-36(21)2/h4-5,8-9,20-22,24,28,30,34-35H,1,6-7,10-12,14-19H2,2-3H3/t20-,21+,22?,24?,28?,30?,31+/m1/s1. The summed E-state index contributed by atoms with van der Waals surface area (Å²) in [4.78, 5) is 34.1. The molecule has 4 heterocycles. The second-order valence-corrected chi connectivity index (χ2v) is 12.6. The molecule has 4 aliphatic heterocycles. The molecule has 0 bridgehead atoms. The van der Waals surface area contributed by atoms with E-state index in [1.54, 1.807) is 24.1 Å². The van der Waals surface area contributed by atoms with E-state index in [0.717, 1.165) is 19.4 Å². The zero-order valence-corrected chi connectivity index (χ0v) is 25.0. The van der Waals surface area contributed by atoms with Crippen LogP contribution in [0.4, 0.5) is 10.1 Å². The lowest BCUT2D eigenvalue weighted by atomic mass is 9.71. The third kappa shape index (κ3) is 5.53. The molecule has 6 rings (SSSR count). The van der Waals surface area contributed by atoms with Crippen molar-refractivity contribution in [2.75, 3.05) is 51.8 Å². The summed E-state index contributed by atoms with van der Waals surface area (Å²) in [5, 5.41) is 16.9. The van der Waals surface area contributed by atoms with E-state index in [9.17, 15) is 19.2 Å². The average Bonchev–Trinajstić information content (AvgIpc) is 3.42. The molecule has 1 aromatic rings. The van der Waals surface area contributed by atoms with Crippen LogP contribution in [0.5, 0.6) is 5.75 Å². The molecule has 3 saturated heterocycles. The second-order valence-electron chi connectivity index (χ2n) is 12.6. The molecule has 4 unspecified atom stereocenters. The first kappa shape index (κ1) is 30.0. The number of ether oxygens (including phenoxy) is 2. The highest BCUT2D eigenvalue weighted by molar-refractivity contribution is 6.02. The van der Waals surface area contributed by atoms with Crippen molar-refractivity contribution in [2.45, 2.75) is 74.8 Å². The molecule has 1 aromatic carbocycles. The maximum Gasteiger partial charge on any atom is 0.271 e. The zero-order valence-electron chi connectivity index (χ0n) is 25.0. The number of amides is 2. The molecule has 11 nitrogen and oxygen atoms in total. The molecule has 1 aliphatic carbocycles. The van der Waals surface area contributed by atoms with Crippen molar-refractivity contribution in [1.82, 2.24) is 25.3 Å². The van der Waals surface area contributed by atoms with Crippen LogP contribution in [-0.4, -0.2) is 110 Å². The Balaban J connectivity index is 1.25. The summed E-state index contributed by atoms with van der Waals surface area (Å²) < 4.78 is 27.5. The number of hydrogen-bond donors (Lipinski definition) is 2. The van der Waals surface area contributed by atoms with Gasteiger partial charge in [0.05, 0.1) is 31.3 Å². The van der Waals surface area contributed by atoms with Gasteiger partial charge in [0.15, 0.2) is 17.8 Å². The van der Waals surface area contributed by atoms with Gasteiger partial charge in [-0.05, 0) is 57.5 Å². The topological polar surface area (TPSA) is 113 Å². The highest BCUT2D eigenvalue weighted by Crippen LogP contribution is 2.47. The van der Waals surface area contributed by atoms with Crippen molar-refractivity contribution in [3.05, 3.63) is 36.7 Å². The van der Waals surface area contributed by atoms with E-state index in [4.69, 9.17) is 9.47 Å². The summed E-state index contributed by atoms with van der Waals surface area (Å²) in [6.07, 6.45) is 4.80. The predicted octanol–water partition coefficient (Wildman–Crippen LogP) is 1.61. The lowest BCUT2D eigenvalue weighted by Gasteiger charge is -2.55. The fourth-order valence-electron chi connectivity index (χ4n) is 7.83. The van der Waals surface area contributed by atoms with Crippen LogP contribution in [0, 0.1) is 23.1 Å². The maximum atomic E-state index is 14.7. The van der Waals surface area contributed by atoms with Crippen molar-refractivity contribution >= 4 is 17.5 Å². The summed E-state index contributed by atoms with van der Waals surface area (Å²) in [6.45, 7) is 6.94. The van der Waals surface area contributed by atoms with Gasteiger partial charge in [0.2, 0.25) is 5.91 Å². The molecule has 2 amide bonds. The number of benzene rings is 1. The number of halogens is 1. The summed E-state index contributed by atoms with van der Waals surface area (Å²) in [5.74, 6) is -0.393. The van der Waals surface area contributed by atoms with Crippen molar-refractivity contribution in [2.24, 2.45) is 5.92 Å². The van der Waals surface area contributed by atoms with Crippen LogP contribution in [0.1, 0.15) is 38.5 Å². The first-order valence-electron chi connectivity index (χ1n) is 15.4. The van der Waals surface area contributed by atoms with Crippen LogP contribution in [0.2, 0.25) is 0 Å². The fourth-order valence-corrected chi connectivity index (χ4v) is 7.83. The summed E-state index contributed by atoms with van der Waals surface area (Å²) in [7, 11) is 3.73. The van der Waals surface area contributed by atoms with Crippen molar-refractivity contribution in [3.8, 4) is 11.8 Å². The number of nitriles is 1. The first-order valence-corrected chi connectivity index (χ1v) is 15.4. The second kappa shape index (κ2) is 12.1. The first-order chi connectivity index (χ1) is 20.7. The van der Waals surface area contributed by atoms with Gasteiger partial charge in [-0.25, -0.2) is 4.39 Å². The molecule has 0 aromatic heterocycles. The Morgan fingerprint density at radius 3 is 2.84 bits per heavy atom. The van der Waals surface area contributed by atoms with Gasteiger partial charge in [-0.15, -0.1) is 0 Å². The van der Waals surface area contributed by atoms with Crippen LogP contribution in [0.15, 0.2) is 30.9 Å². The maximum absolute atomic E-state index is 14.7. The van der Waals surface area contributed by atoms with Crippen LogP contribution >= 0.6 is 0 Å². The number of nitrogens with zero attached hydrogens (tertiary/aromatic N) is 5. The van der Waals surface area contributed by atoms with E-state index >= 15 is 0 Å². The largest absolute Gasteiger partial charge is 0.475 e. The Labute approximate surface area is 252 Å². The van der Waals surface area contributed by atoms with E-state index in [1.165, 1.54) is 17.0 Å². The number of nitrogens with one attached hydrogen (secondary N) is 2. The molecule has 1 saturated carbocycles. The molecule has 43 heavy (non-hydrogen) atoms. The molecule has 7 atom stereocenters. The van der Waals surface area contributed by atoms with Gasteiger partial charge in [0.25, 0.3) is 5.91 Å². The van der Waals surface area contributed by atoms with Crippen molar-refractivity contribution in [3.63, 3.8) is 0 Å². The Kier molecular flexibility index (Phi) is 8.45. The molecule has 5 aliphatic rings. The van der Waals surface area contributed by atoms with Gasteiger partial charge in [0.1, 0.15) is 11.4 Å². The number of hydrogen-bond acceptors (Lipinski definition) is 9. The molecule has 12 heteroatoms. The molecule has 232 valence electrons. The van der Waals surface area contributed by atoms with Crippen LogP contribution in [0.3, 0.4) is 0 Å². The SMILES string of the molecule is C=CC(=O)N1CCN(C2NC(OC[C@@H]3CCCN3C)NC3C[C@]4(CCC32)Oc2cccc(F)c2N(C)C4=O)C[C@H]1CC#N. The number of carbonyl (C=O) groups excluding carboxylic acids is 2. The van der Waals surface area contributed by atoms with E-state index in [0.29, 0.717) is 57.3 Å². The Morgan fingerprint density at radius 2 is 2.09 bits per heavy atom. The quantitative estimate of drug-likeness (QED) is 0.474. The number of fused-ring (bicyclic) bond motifs is 2. The van der Waals surface area contributed by atoms with E-state index in [2.05, 4.69) is 40.1 Å². The monoisotopic (exact) mass is 595 g/mol. The molecular weight excluding hydrogens is 553 g/mol. The number of anilines is 1. The van der Waals surface area contributed by atoms with E-state index in [1.807, 2.05) is 0 Å². The lowest BCUT2D eigenvalue weighted by molar-refractivity contribution is -0.151. The molecule has 2 N–H and O–H groups in total. The summed E-state index contributed by atoms with van der Waals surface area (Å²) in [6, 6.07) is 6.88. The number of likely N-dealkylation sites (N-methyl/N-ethyl adjacent to an activating group) is 2. The number of rotatable bonds is 6. The van der Waals surface area contributed by atoms with Crippen molar-refractivity contribution < 1.29 is 23.5 Å². The zero-order chi connectivity index (χ0) is 30.3. The lowest BCUT2D eigenvalue weighted by Crippen LogP contribution is -2.74. The van der Waals surface area contributed by atoms with Crippen LogP contribution < -0.4 is 20.3 Å². The van der Waals surface area contributed by atoms with Crippen LogP contribution in [-0.2, 0) is 14.3 Å². The molecule has 1 spiro atoms. The Morgan fingerprint density at radius 1 is 1.26 bits per heavy atom. The third-order valence-corrected chi connectivity index (χ3v) is 10.1. The minimum atomic E-state index is -1.11. The van der Waals surface area contributed by atoms with Gasteiger partial charge in [-0.1, -0.05) is 12.6 Å². The Hall–Kier alpha value is -3.08. The fraction of sp³-hybridized carbons (Fsp3) is 0.645. The van der Waals surface area contributed by atoms with Crippen molar-refractivity contribution in [1.29, 1.82) is 5.26 Å². The Bertz CT molecular complexity index is 1290. The van der Waals surface area contributed by atoms with Crippen LogP contribution in [0.25, 0.3) is 0 Å². The minimum Gasteiger partial charge on any atom is -0.475 e. The van der Waals surface area contributed by atoms with Gasteiger partial charge in [0, 0.05) is 51.1 Å². The minimum absolute atomic E-state index is 0.0989. The summed E-state index contributed by atoms with van der Waals surface area (Å²) in [5.41, 5.74) is -0.936. The smallest absolute Gasteiger partial charge is 0.271 e. The highest BCUT2D eigenvalue weighted by atomic mass is 19.1. The van der Waals surface area contributed by atoms with E-state index in [-0.39, 0.29) is 48.1 Å². The number of para-hydroxylation sites is 1. The van der Waals surface area contributed by atoms with Gasteiger partial charge < -0.3 is 24.2 Å². The molecule has 0 radical (unpaired) electrons.